The maximum absolute atomic E-state index is 12.1. The Labute approximate surface area is 99.7 Å². The van der Waals surface area contributed by atoms with Crippen molar-refractivity contribution >= 4 is 0 Å². The van der Waals surface area contributed by atoms with E-state index in [1.54, 1.807) is 26.3 Å². The second-order valence-electron chi connectivity index (χ2n) is 3.55. The van der Waals surface area contributed by atoms with Gasteiger partial charge in [-0.1, -0.05) is 12.1 Å². The van der Waals surface area contributed by atoms with E-state index in [1.807, 2.05) is 12.1 Å². The van der Waals surface area contributed by atoms with Crippen LogP contribution in [-0.2, 0) is 4.74 Å². The molecule has 0 saturated carbocycles. The molecule has 1 aromatic carbocycles. The molecule has 17 heavy (non-hydrogen) atoms. The van der Waals surface area contributed by atoms with E-state index in [0.29, 0.717) is 12.3 Å². The highest BCUT2D eigenvalue weighted by Gasteiger charge is 2.14. The molecule has 3 nitrogen and oxygen atoms in total. The lowest BCUT2D eigenvalue weighted by Crippen LogP contribution is -2.21. The first-order valence-electron chi connectivity index (χ1n) is 5.35. The molecule has 1 atom stereocenters. The number of likely N-dealkylation sites (N-methyl/N-ethyl adjacent to an activating group) is 1. The summed E-state index contributed by atoms with van der Waals surface area (Å²) in [7, 11) is 3.31. The van der Waals surface area contributed by atoms with E-state index >= 15 is 0 Å². The molecule has 96 valence electrons. The van der Waals surface area contributed by atoms with Crippen molar-refractivity contribution in [3.05, 3.63) is 29.8 Å². The van der Waals surface area contributed by atoms with Gasteiger partial charge in [0, 0.05) is 6.54 Å². The lowest BCUT2D eigenvalue weighted by Gasteiger charge is -2.18. The van der Waals surface area contributed by atoms with Gasteiger partial charge in [0.25, 0.3) is 6.43 Å². The predicted molar refractivity (Wildman–Crippen MR) is 61.6 cm³/mol. The summed E-state index contributed by atoms with van der Waals surface area (Å²) in [6.45, 7) is -0.0938. The third-order valence-electron chi connectivity index (χ3n) is 2.28. The van der Waals surface area contributed by atoms with Gasteiger partial charge in [0.2, 0.25) is 0 Å². The minimum atomic E-state index is -2.46. The molecule has 1 rings (SSSR count). The highest BCUT2D eigenvalue weighted by molar-refractivity contribution is 5.30. The summed E-state index contributed by atoms with van der Waals surface area (Å²) in [5.41, 5.74) is 0.819. The number of ether oxygens (including phenoxy) is 2. The molecule has 0 aliphatic heterocycles. The lowest BCUT2D eigenvalue weighted by atomic mass is 10.1. The summed E-state index contributed by atoms with van der Waals surface area (Å²) in [6.07, 6.45) is -2.86. The zero-order chi connectivity index (χ0) is 12.7. The smallest absolute Gasteiger partial charge is 0.261 e. The first-order valence-corrected chi connectivity index (χ1v) is 5.35. The first kappa shape index (κ1) is 13.9. The summed E-state index contributed by atoms with van der Waals surface area (Å²) in [6, 6.07) is 7.22. The van der Waals surface area contributed by atoms with Crippen molar-refractivity contribution in [2.45, 2.75) is 12.5 Å². The Bertz CT molecular complexity index is 334. The van der Waals surface area contributed by atoms with Gasteiger partial charge in [0.05, 0.1) is 13.2 Å². The zero-order valence-corrected chi connectivity index (χ0v) is 9.95. The Hall–Kier alpha value is -1.20. The van der Waals surface area contributed by atoms with Crippen LogP contribution >= 0.6 is 0 Å². The van der Waals surface area contributed by atoms with Crippen LogP contribution in [0.3, 0.4) is 0 Å². The summed E-state index contributed by atoms with van der Waals surface area (Å²) in [4.78, 5) is 0. The highest BCUT2D eigenvalue weighted by atomic mass is 19.3. The number of methoxy groups -OCH3 is 1. The van der Waals surface area contributed by atoms with E-state index < -0.39 is 19.1 Å². The van der Waals surface area contributed by atoms with Crippen LogP contribution in [0.25, 0.3) is 0 Å². The Morgan fingerprint density at radius 3 is 2.71 bits per heavy atom. The molecular formula is C12H17F2NO2. The van der Waals surface area contributed by atoms with Crippen LogP contribution in [0.5, 0.6) is 5.75 Å². The maximum atomic E-state index is 12.1. The summed E-state index contributed by atoms with van der Waals surface area (Å²) >= 11 is 0. The van der Waals surface area contributed by atoms with Gasteiger partial charge in [-0.3, -0.25) is 0 Å². The predicted octanol–water partition coefficient (Wildman–Crippen LogP) is 2.24. The molecule has 0 spiro atoms. The number of alkyl halides is 2. The van der Waals surface area contributed by atoms with Crippen LogP contribution < -0.4 is 10.1 Å². The molecule has 0 bridgehead atoms. The van der Waals surface area contributed by atoms with Gasteiger partial charge in [-0.2, -0.15) is 0 Å². The van der Waals surface area contributed by atoms with Crippen molar-refractivity contribution in [1.29, 1.82) is 0 Å². The molecule has 0 radical (unpaired) electrons. The van der Waals surface area contributed by atoms with E-state index in [1.165, 1.54) is 0 Å². The Kier molecular flexibility index (Phi) is 5.86. The minimum absolute atomic E-state index is 0.399. The Morgan fingerprint density at radius 2 is 2.12 bits per heavy atom. The maximum Gasteiger partial charge on any atom is 0.261 e. The third-order valence-corrected chi connectivity index (χ3v) is 2.28. The molecule has 0 fully saturated rings. The lowest BCUT2D eigenvalue weighted by molar-refractivity contribution is -0.0240. The highest BCUT2D eigenvalue weighted by Crippen LogP contribution is 2.22. The van der Waals surface area contributed by atoms with Crippen molar-refractivity contribution in [1.82, 2.24) is 5.32 Å². The van der Waals surface area contributed by atoms with Gasteiger partial charge in [-0.15, -0.1) is 0 Å². The average Bonchev–Trinajstić information content (AvgIpc) is 2.34. The van der Waals surface area contributed by atoms with Crippen LogP contribution in [0.2, 0.25) is 0 Å². The molecule has 0 heterocycles. The number of nitrogens with one attached hydrogen (secondary N) is 1. The fraction of sp³-hybridized carbons (Fsp3) is 0.500. The Morgan fingerprint density at radius 1 is 1.35 bits per heavy atom. The van der Waals surface area contributed by atoms with E-state index in [4.69, 9.17) is 9.47 Å². The molecule has 0 aliphatic rings. The van der Waals surface area contributed by atoms with Crippen LogP contribution in [0.15, 0.2) is 24.3 Å². The summed E-state index contributed by atoms with van der Waals surface area (Å²) in [5.74, 6) is 0.684. The Balaban J connectivity index is 2.73. The van der Waals surface area contributed by atoms with Crippen LogP contribution in [0.1, 0.15) is 11.7 Å². The van der Waals surface area contributed by atoms with Crippen LogP contribution in [0, 0.1) is 0 Å². The second kappa shape index (κ2) is 7.19. The monoisotopic (exact) mass is 245 g/mol. The molecule has 0 amide bonds. The van der Waals surface area contributed by atoms with Crippen molar-refractivity contribution in [2.24, 2.45) is 0 Å². The fourth-order valence-corrected chi connectivity index (χ4v) is 1.49. The molecule has 0 aromatic heterocycles. The molecule has 1 aromatic rings. The van der Waals surface area contributed by atoms with Gasteiger partial charge < -0.3 is 14.8 Å². The molecular weight excluding hydrogens is 228 g/mol. The van der Waals surface area contributed by atoms with E-state index in [9.17, 15) is 8.78 Å². The molecule has 0 saturated heterocycles. The van der Waals surface area contributed by atoms with Crippen molar-refractivity contribution in [2.75, 3.05) is 27.3 Å². The molecule has 5 heteroatoms. The number of benzene rings is 1. The van der Waals surface area contributed by atoms with Gasteiger partial charge in [0.15, 0.2) is 0 Å². The first-order chi connectivity index (χ1) is 8.17. The number of halogens is 2. The van der Waals surface area contributed by atoms with E-state index in [2.05, 4.69) is 5.32 Å². The van der Waals surface area contributed by atoms with E-state index in [-0.39, 0.29) is 0 Å². The van der Waals surface area contributed by atoms with Crippen LogP contribution in [-0.4, -0.2) is 33.7 Å². The van der Waals surface area contributed by atoms with Crippen molar-refractivity contribution in [3.63, 3.8) is 0 Å². The van der Waals surface area contributed by atoms with Crippen molar-refractivity contribution < 1.29 is 18.3 Å². The molecule has 1 N–H and O–H groups in total. The van der Waals surface area contributed by atoms with Gasteiger partial charge in [-0.25, -0.2) is 8.78 Å². The topological polar surface area (TPSA) is 30.5 Å². The zero-order valence-electron chi connectivity index (χ0n) is 9.95. The third kappa shape index (κ3) is 4.66. The number of rotatable bonds is 7. The SMILES string of the molecule is CNCC(OCC(F)F)c1cccc(OC)c1. The standard InChI is InChI=1S/C12H17F2NO2/c1-15-7-11(17-8-12(13)14)9-4-3-5-10(6-9)16-2/h3-6,11-12,15H,7-8H2,1-2H3. The van der Waals surface area contributed by atoms with Gasteiger partial charge in [-0.05, 0) is 24.7 Å². The largest absolute Gasteiger partial charge is 0.497 e. The van der Waals surface area contributed by atoms with Crippen LogP contribution in [0.4, 0.5) is 8.78 Å². The van der Waals surface area contributed by atoms with Gasteiger partial charge >= 0.3 is 0 Å². The average molecular weight is 245 g/mol. The van der Waals surface area contributed by atoms with Gasteiger partial charge in [0.1, 0.15) is 12.4 Å². The summed E-state index contributed by atoms with van der Waals surface area (Å²) < 4.78 is 34.5. The normalized spacial score (nSPS) is 12.8. The quantitative estimate of drug-likeness (QED) is 0.799. The number of hydrogen-bond acceptors (Lipinski definition) is 3. The molecule has 1 unspecified atom stereocenters. The van der Waals surface area contributed by atoms with E-state index in [0.717, 1.165) is 5.56 Å². The number of hydrogen-bond donors (Lipinski definition) is 1. The molecule has 0 aliphatic carbocycles. The van der Waals surface area contributed by atoms with Crippen molar-refractivity contribution in [3.8, 4) is 5.75 Å². The minimum Gasteiger partial charge on any atom is -0.497 e. The second-order valence-corrected chi connectivity index (χ2v) is 3.55. The summed E-state index contributed by atoms with van der Waals surface area (Å²) in [5, 5.41) is 2.92. The fourth-order valence-electron chi connectivity index (χ4n) is 1.49.